The molecule has 0 unspecified atom stereocenters. The Hall–Kier alpha value is -0.320. The van der Waals surface area contributed by atoms with Crippen molar-refractivity contribution < 1.29 is 5.11 Å². The van der Waals surface area contributed by atoms with E-state index in [1.165, 1.54) is 0 Å². The third-order valence-corrected chi connectivity index (χ3v) is 3.39. The number of halogens is 2. The smallest absolute Gasteiger partial charge is 0.144 e. The maximum absolute atomic E-state index is 9.41. The Morgan fingerprint density at radius 3 is 2.53 bits per heavy atom. The van der Waals surface area contributed by atoms with Crippen molar-refractivity contribution in [1.82, 2.24) is 4.98 Å². The molecule has 2 heterocycles. The summed E-state index contributed by atoms with van der Waals surface area (Å²) in [5.74, 6) is 0.870. The van der Waals surface area contributed by atoms with E-state index < -0.39 is 0 Å². The molecule has 5 heteroatoms. The monoisotopic (exact) mass is 320 g/mol. The maximum atomic E-state index is 9.41. The number of aliphatic hydroxyl groups is 1. The van der Waals surface area contributed by atoms with Crippen molar-refractivity contribution in [2.45, 2.75) is 32.8 Å². The van der Waals surface area contributed by atoms with Crippen LogP contribution in [0.25, 0.3) is 0 Å². The van der Waals surface area contributed by atoms with Gasteiger partial charge in [-0.05, 0) is 40.9 Å². The number of rotatable bonds is 1. The summed E-state index contributed by atoms with van der Waals surface area (Å²) in [4.78, 5) is 6.43. The molecule has 17 heavy (non-hydrogen) atoms. The molecule has 0 spiro atoms. The topological polar surface area (TPSA) is 36.4 Å². The lowest BCUT2D eigenvalue weighted by Crippen LogP contribution is -2.36. The van der Waals surface area contributed by atoms with Crippen molar-refractivity contribution in [3.63, 3.8) is 0 Å². The number of nitrogens with zero attached hydrogens (tertiary/aromatic N) is 2. The summed E-state index contributed by atoms with van der Waals surface area (Å²) in [5, 5.41) is 9.91. The second kappa shape index (κ2) is 7.19. The fraction of sp³-hybridized carbons (Fsp3) is 0.583. The fourth-order valence-corrected chi connectivity index (χ4v) is 2.32. The van der Waals surface area contributed by atoms with Crippen LogP contribution in [0.15, 0.2) is 16.6 Å². The van der Waals surface area contributed by atoms with Gasteiger partial charge in [-0.1, -0.05) is 25.4 Å². The van der Waals surface area contributed by atoms with Crippen molar-refractivity contribution in [3.8, 4) is 0 Å². The standard InChI is InChI=1S/C10H12BrClN2O.C2H6/c11-8-1-2-9(12)13-10(8)14-5-3-7(15)4-6-14;1-2/h1-2,7,15H,3-6H2;1-2H3. The highest BCUT2D eigenvalue weighted by atomic mass is 79.9. The molecule has 0 aromatic carbocycles. The third kappa shape index (κ3) is 4.12. The van der Waals surface area contributed by atoms with Crippen LogP contribution in [0.5, 0.6) is 0 Å². The Balaban J connectivity index is 0.000000686. The van der Waals surface area contributed by atoms with Crippen LogP contribution in [0.4, 0.5) is 5.82 Å². The van der Waals surface area contributed by atoms with E-state index in [4.69, 9.17) is 11.6 Å². The van der Waals surface area contributed by atoms with Gasteiger partial charge in [-0.25, -0.2) is 4.98 Å². The van der Waals surface area contributed by atoms with Gasteiger partial charge >= 0.3 is 0 Å². The summed E-state index contributed by atoms with van der Waals surface area (Å²) >= 11 is 9.31. The van der Waals surface area contributed by atoms with E-state index >= 15 is 0 Å². The van der Waals surface area contributed by atoms with Gasteiger partial charge in [-0.3, -0.25) is 0 Å². The van der Waals surface area contributed by atoms with Gasteiger partial charge in [0.1, 0.15) is 11.0 Å². The number of piperidine rings is 1. The van der Waals surface area contributed by atoms with Gasteiger partial charge in [0, 0.05) is 13.1 Å². The normalized spacial score (nSPS) is 16.4. The molecular weight excluding hydrogens is 304 g/mol. The zero-order valence-electron chi connectivity index (χ0n) is 10.2. The average molecular weight is 322 g/mol. The molecule has 1 fully saturated rings. The second-order valence-corrected chi connectivity index (χ2v) is 4.90. The zero-order valence-corrected chi connectivity index (χ0v) is 12.5. The number of hydrogen-bond acceptors (Lipinski definition) is 3. The van der Waals surface area contributed by atoms with Crippen molar-refractivity contribution >= 4 is 33.3 Å². The number of aromatic nitrogens is 1. The van der Waals surface area contributed by atoms with Crippen molar-refractivity contribution in [2.75, 3.05) is 18.0 Å². The summed E-state index contributed by atoms with van der Waals surface area (Å²) in [7, 11) is 0. The molecule has 1 N–H and O–H groups in total. The van der Waals surface area contributed by atoms with E-state index in [2.05, 4.69) is 25.8 Å². The minimum absolute atomic E-state index is 0.167. The number of anilines is 1. The first kappa shape index (κ1) is 14.7. The summed E-state index contributed by atoms with van der Waals surface area (Å²) in [6, 6.07) is 3.66. The fourth-order valence-electron chi connectivity index (χ4n) is 1.71. The first-order valence-corrected chi connectivity index (χ1v) is 7.09. The number of hydrogen-bond donors (Lipinski definition) is 1. The van der Waals surface area contributed by atoms with Crippen LogP contribution < -0.4 is 4.90 Å². The van der Waals surface area contributed by atoms with Crippen molar-refractivity contribution in [2.24, 2.45) is 0 Å². The third-order valence-electron chi connectivity index (χ3n) is 2.56. The predicted molar refractivity (Wildman–Crippen MR) is 75.7 cm³/mol. The summed E-state index contributed by atoms with van der Waals surface area (Å²) in [6.45, 7) is 5.65. The van der Waals surface area contributed by atoms with Crippen LogP contribution in [0.2, 0.25) is 5.15 Å². The molecule has 1 aliphatic rings. The van der Waals surface area contributed by atoms with Crippen molar-refractivity contribution in [1.29, 1.82) is 0 Å². The lowest BCUT2D eigenvalue weighted by atomic mass is 10.1. The first-order chi connectivity index (χ1) is 8.16. The highest BCUT2D eigenvalue weighted by molar-refractivity contribution is 9.10. The van der Waals surface area contributed by atoms with Gasteiger partial charge in [0.05, 0.1) is 10.6 Å². The molecule has 0 radical (unpaired) electrons. The Kier molecular flexibility index (Phi) is 6.23. The Bertz CT molecular complexity index is 354. The minimum atomic E-state index is -0.167. The van der Waals surface area contributed by atoms with Crippen LogP contribution in [-0.4, -0.2) is 29.3 Å². The quantitative estimate of drug-likeness (QED) is 0.804. The lowest BCUT2D eigenvalue weighted by Gasteiger charge is -2.31. The average Bonchev–Trinajstić information content (AvgIpc) is 2.36. The van der Waals surface area contributed by atoms with E-state index in [0.29, 0.717) is 5.15 Å². The predicted octanol–water partition coefficient (Wildman–Crippen LogP) is 3.48. The van der Waals surface area contributed by atoms with Crippen LogP contribution in [0.1, 0.15) is 26.7 Å². The summed E-state index contributed by atoms with van der Waals surface area (Å²) < 4.78 is 0.947. The molecule has 96 valence electrons. The maximum Gasteiger partial charge on any atom is 0.144 e. The molecule has 0 amide bonds. The number of aliphatic hydroxyl groups excluding tert-OH is 1. The molecule has 1 aliphatic heterocycles. The molecular formula is C12H18BrClN2O. The van der Waals surface area contributed by atoms with Crippen LogP contribution in [-0.2, 0) is 0 Å². The van der Waals surface area contributed by atoms with Gasteiger partial charge < -0.3 is 10.0 Å². The van der Waals surface area contributed by atoms with E-state index in [-0.39, 0.29) is 6.10 Å². The van der Waals surface area contributed by atoms with Crippen molar-refractivity contribution in [3.05, 3.63) is 21.8 Å². The summed E-state index contributed by atoms with van der Waals surface area (Å²) in [6.07, 6.45) is 1.42. The highest BCUT2D eigenvalue weighted by Gasteiger charge is 2.19. The van der Waals surface area contributed by atoms with Gasteiger partial charge in [0.2, 0.25) is 0 Å². The zero-order chi connectivity index (χ0) is 12.8. The highest BCUT2D eigenvalue weighted by Crippen LogP contribution is 2.28. The molecule has 1 aromatic rings. The molecule has 0 saturated carbocycles. The van der Waals surface area contributed by atoms with E-state index in [1.807, 2.05) is 19.9 Å². The Labute approximate surface area is 116 Å². The van der Waals surface area contributed by atoms with Gasteiger partial charge in [0.25, 0.3) is 0 Å². The van der Waals surface area contributed by atoms with Gasteiger partial charge in [-0.2, -0.15) is 0 Å². The number of pyridine rings is 1. The van der Waals surface area contributed by atoms with Crippen LogP contribution in [0, 0.1) is 0 Å². The first-order valence-electron chi connectivity index (χ1n) is 5.92. The Morgan fingerprint density at radius 2 is 1.94 bits per heavy atom. The van der Waals surface area contributed by atoms with Crippen LogP contribution in [0.3, 0.4) is 0 Å². The molecule has 1 saturated heterocycles. The molecule has 2 rings (SSSR count). The summed E-state index contributed by atoms with van der Waals surface area (Å²) in [5.41, 5.74) is 0. The SMILES string of the molecule is CC.OC1CCN(c2nc(Cl)ccc2Br)CC1. The van der Waals surface area contributed by atoms with E-state index in [1.54, 1.807) is 6.07 Å². The molecule has 3 nitrogen and oxygen atoms in total. The molecule has 0 bridgehead atoms. The van der Waals surface area contributed by atoms with E-state index in [9.17, 15) is 5.11 Å². The Morgan fingerprint density at radius 1 is 1.35 bits per heavy atom. The molecule has 0 atom stereocenters. The molecule has 0 aliphatic carbocycles. The van der Waals surface area contributed by atoms with Gasteiger partial charge in [-0.15, -0.1) is 0 Å². The largest absolute Gasteiger partial charge is 0.393 e. The van der Waals surface area contributed by atoms with E-state index in [0.717, 1.165) is 36.2 Å². The molecule has 1 aromatic heterocycles. The van der Waals surface area contributed by atoms with Gasteiger partial charge in [0.15, 0.2) is 0 Å². The van der Waals surface area contributed by atoms with Crippen LogP contribution >= 0.6 is 27.5 Å². The lowest BCUT2D eigenvalue weighted by molar-refractivity contribution is 0.145. The second-order valence-electron chi connectivity index (χ2n) is 3.66. The minimum Gasteiger partial charge on any atom is -0.393 e.